The molecule has 0 aliphatic carbocycles. The molecule has 0 heterocycles. The molecule has 2 N–H and O–H groups in total. The van der Waals surface area contributed by atoms with Crippen LogP contribution in [-0.2, 0) is 4.79 Å². The monoisotopic (exact) mass is 370 g/mol. The van der Waals surface area contributed by atoms with Crippen LogP contribution in [0.3, 0.4) is 0 Å². The van der Waals surface area contributed by atoms with Gasteiger partial charge in [0.15, 0.2) is 0 Å². The van der Waals surface area contributed by atoms with Crippen molar-refractivity contribution in [1.82, 2.24) is 5.32 Å². The summed E-state index contributed by atoms with van der Waals surface area (Å²) in [6, 6.07) is 13.2. The molecule has 0 spiro atoms. The van der Waals surface area contributed by atoms with Crippen molar-refractivity contribution in [2.45, 2.75) is 26.8 Å². The number of carbonyl (C=O) groups is 2. The highest BCUT2D eigenvalue weighted by atomic mass is 16.5. The van der Waals surface area contributed by atoms with E-state index < -0.39 is 6.04 Å². The highest BCUT2D eigenvalue weighted by Gasteiger charge is 2.25. The first-order valence-electron chi connectivity index (χ1n) is 8.93. The van der Waals surface area contributed by atoms with E-state index in [1.807, 2.05) is 20.8 Å². The van der Waals surface area contributed by atoms with Crippen molar-refractivity contribution in [1.29, 1.82) is 0 Å². The summed E-state index contributed by atoms with van der Waals surface area (Å²) in [7, 11) is 1.56. The van der Waals surface area contributed by atoms with Crippen LogP contribution in [0.1, 0.15) is 31.1 Å². The molecular weight excluding hydrogens is 344 g/mol. The van der Waals surface area contributed by atoms with E-state index in [0.29, 0.717) is 29.4 Å². The van der Waals surface area contributed by atoms with E-state index in [2.05, 4.69) is 10.6 Å². The van der Waals surface area contributed by atoms with E-state index in [1.165, 1.54) is 0 Å². The summed E-state index contributed by atoms with van der Waals surface area (Å²) in [4.78, 5) is 25.2. The van der Waals surface area contributed by atoms with Crippen molar-refractivity contribution < 1.29 is 19.1 Å². The highest BCUT2D eigenvalue weighted by molar-refractivity contribution is 6.01. The largest absolute Gasteiger partial charge is 0.497 e. The van der Waals surface area contributed by atoms with Gasteiger partial charge in [-0.1, -0.05) is 19.9 Å². The van der Waals surface area contributed by atoms with E-state index >= 15 is 0 Å². The fraction of sp³-hybridized carbons (Fsp3) is 0.333. The number of ether oxygens (including phenoxy) is 2. The number of hydrogen-bond acceptors (Lipinski definition) is 4. The van der Waals surface area contributed by atoms with Crippen LogP contribution >= 0.6 is 0 Å². The van der Waals surface area contributed by atoms with E-state index in [1.54, 1.807) is 55.6 Å². The number of methoxy groups -OCH3 is 1. The third-order valence-corrected chi connectivity index (χ3v) is 4.00. The second-order valence-electron chi connectivity index (χ2n) is 6.37. The van der Waals surface area contributed by atoms with Gasteiger partial charge >= 0.3 is 0 Å². The average molecular weight is 370 g/mol. The fourth-order valence-electron chi connectivity index (χ4n) is 2.55. The first kappa shape index (κ1) is 20.3. The molecule has 0 aliphatic heterocycles. The van der Waals surface area contributed by atoms with Crippen molar-refractivity contribution in [3.05, 3.63) is 54.1 Å². The number of hydrogen-bond donors (Lipinski definition) is 2. The van der Waals surface area contributed by atoms with Gasteiger partial charge < -0.3 is 20.1 Å². The van der Waals surface area contributed by atoms with Gasteiger partial charge in [0, 0.05) is 17.3 Å². The van der Waals surface area contributed by atoms with Crippen LogP contribution in [0.4, 0.5) is 5.69 Å². The van der Waals surface area contributed by atoms with Crippen molar-refractivity contribution in [2.75, 3.05) is 19.0 Å². The molecule has 0 unspecified atom stereocenters. The van der Waals surface area contributed by atoms with E-state index in [-0.39, 0.29) is 17.7 Å². The van der Waals surface area contributed by atoms with Gasteiger partial charge in [-0.25, -0.2) is 0 Å². The first-order chi connectivity index (χ1) is 12.9. The molecule has 27 heavy (non-hydrogen) atoms. The fourth-order valence-corrected chi connectivity index (χ4v) is 2.55. The predicted octanol–water partition coefficient (Wildman–Crippen LogP) is 3.49. The molecule has 144 valence electrons. The maximum Gasteiger partial charge on any atom is 0.251 e. The van der Waals surface area contributed by atoms with Gasteiger partial charge in [0.2, 0.25) is 5.91 Å². The molecular formula is C21H26N2O4. The van der Waals surface area contributed by atoms with Crippen molar-refractivity contribution in [2.24, 2.45) is 5.92 Å². The van der Waals surface area contributed by atoms with Gasteiger partial charge in [-0.05, 0) is 49.2 Å². The van der Waals surface area contributed by atoms with Gasteiger partial charge in [0.05, 0.1) is 13.7 Å². The number of benzene rings is 2. The smallest absolute Gasteiger partial charge is 0.251 e. The Balaban J connectivity index is 2.07. The minimum absolute atomic E-state index is 0.0812. The molecule has 2 aromatic rings. The van der Waals surface area contributed by atoms with Crippen LogP contribution in [0.2, 0.25) is 0 Å². The zero-order valence-corrected chi connectivity index (χ0v) is 16.1. The van der Waals surface area contributed by atoms with Crippen LogP contribution in [0.15, 0.2) is 48.5 Å². The molecule has 0 saturated carbocycles. The normalized spacial score (nSPS) is 11.6. The SMILES string of the molecule is CCOc1ccc(C(=O)N[C@@H](C(=O)Nc2cccc(OC)c2)C(C)C)cc1. The number of carbonyl (C=O) groups excluding carboxylic acids is 2. The van der Waals surface area contributed by atoms with Crippen LogP contribution in [-0.4, -0.2) is 31.6 Å². The number of anilines is 1. The van der Waals surface area contributed by atoms with Gasteiger partial charge in [-0.3, -0.25) is 9.59 Å². The number of nitrogens with one attached hydrogen (secondary N) is 2. The quantitative estimate of drug-likeness (QED) is 0.746. The second-order valence-corrected chi connectivity index (χ2v) is 6.37. The summed E-state index contributed by atoms with van der Waals surface area (Å²) in [5.41, 5.74) is 1.08. The maximum absolute atomic E-state index is 12.7. The Morgan fingerprint density at radius 3 is 2.33 bits per heavy atom. The van der Waals surface area contributed by atoms with E-state index in [4.69, 9.17) is 9.47 Å². The minimum Gasteiger partial charge on any atom is -0.497 e. The molecule has 0 radical (unpaired) electrons. The van der Waals surface area contributed by atoms with Gasteiger partial charge in [0.25, 0.3) is 5.91 Å². The lowest BCUT2D eigenvalue weighted by molar-refractivity contribution is -0.118. The molecule has 2 rings (SSSR count). The molecule has 2 amide bonds. The summed E-state index contributed by atoms with van der Waals surface area (Å²) in [5.74, 6) is 0.676. The Labute approximate surface area is 159 Å². The topological polar surface area (TPSA) is 76.7 Å². The van der Waals surface area contributed by atoms with Crippen LogP contribution in [0.25, 0.3) is 0 Å². The summed E-state index contributed by atoms with van der Waals surface area (Å²) in [6.45, 7) is 6.22. The lowest BCUT2D eigenvalue weighted by atomic mass is 10.0. The predicted molar refractivity (Wildman–Crippen MR) is 105 cm³/mol. The van der Waals surface area contributed by atoms with E-state index in [9.17, 15) is 9.59 Å². The second kappa shape index (κ2) is 9.62. The molecule has 2 aromatic carbocycles. The van der Waals surface area contributed by atoms with Crippen molar-refractivity contribution >= 4 is 17.5 Å². The summed E-state index contributed by atoms with van der Waals surface area (Å²) >= 11 is 0. The lowest BCUT2D eigenvalue weighted by Gasteiger charge is -2.22. The van der Waals surface area contributed by atoms with Crippen LogP contribution in [0, 0.1) is 5.92 Å². The van der Waals surface area contributed by atoms with Crippen LogP contribution < -0.4 is 20.1 Å². The van der Waals surface area contributed by atoms with Crippen molar-refractivity contribution in [3.8, 4) is 11.5 Å². The van der Waals surface area contributed by atoms with E-state index in [0.717, 1.165) is 0 Å². The summed E-state index contributed by atoms with van der Waals surface area (Å²) < 4.78 is 10.5. The van der Waals surface area contributed by atoms with Gasteiger partial charge in [-0.2, -0.15) is 0 Å². The Morgan fingerprint density at radius 1 is 1.04 bits per heavy atom. The number of amides is 2. The Morgan fingerprint density at radius 2 is 1.74 bits per heavy atom. The molecule has 0 saturated heterocycles. The molecule has 0 aliphatic rings. The standard InChI is InChI=1S/C21H26N2O4/c1-5-27-17-11-9-15(10-12-17)20(24)23-19(14(2)3)21(25)22-16-7-6-8-18(13-16)26-4/h6-14,19H,5H2,1-4H3,(H,22,25)(H,23,24)/t19-/m1/s1. The zero-order chi connectivity index (χ0) is 19.8. The molecule has 6 heteroatoms. The summed E-state index contributed by atoms with van der Waals surface area (Å²) in [6.07, 6.45) is 0. The zero-order valence-electron chi connectivity index (χ0n) is 16.1. The molecule has 6 nitrogen and oxygen atoms in total. The van der Waals surface area contributed by atoms with Crippen molar-refractivity contribution in [3.63, 3.8) is 0 Å². The lowest BCUT2D eigenvalue weighted by Crippen LogP contribution is -2.47. The Hall–Kier alpha value is -3.02. The van der Waals surface area contributed by atoms with Gasteiger partial charge in [-0.15, -0.1) is 0 Å². The Bertz CT molecular complexity index is 772. The number of rotatable bonds is 8. The average Bonchev–Trinajstić information content (AvgIpc) is 2.66. The third-order valence-electron chi connectivity index (χ3n) is 4.00. The Kier molecular flexibility index (Phi) is 7.23. The minimum atomic E-state index is -0.671. The van der Waals surface area contributed by atoms with Crippen LogP contribution in [0.5, 0.6) is 11.5 Å². The molecule has 0 fully saturated rings. The molecule has 0 bridgehead atoms. The van der Waals surface area contributed by atoms with Gasteiger partial charge in [0.1, 0.15) is 17.5 Å². The molecule has 1 atom stereocenters. The highest BCUT2D eigenvalue weighted by Crippen LogP contribution is 2.18. The molecule has 0 aromatic heterocycles. The maximum atomic E-state index is 12.7. The third kappa shape index (κ3) is 5.74. The summed E-state index contributed by atoms with van der Waals surface area (Å²) in [5, 5.41) is 5.64. The first-order valence-corrected chi connectivity index (χ1v) is 8.93.